The number of nitrogens with zero attached hydrogens (tertiary/aromatic N) is 1. The zero-order valence-electron chi connectivity index (χ0n) is 8.76. The molecule has 1 fully saturated rings. The van der Waals surface area contributed by atoms with Gasteiger partial charge < -0.3 is 10.5 Å². The summed E-state index contributed by atoms with van der Waals surface area (Å²) in [6.45, 7) is 0.469. The Morgan fingerprint density at radius 2 is 2.20 bits per heavy atom. The fraction of sp³-hybridized carbons (Fsp3) is 1.00. The van der Waals surface area contributed by atoms with Gasteiger partial charge in [-0.1, -0.05) is 0 Å². The van der Waals surface area contributed by atoms with Crippen LogP contribution in [-0.4, -0.2) is 50.5 Å². The van der Waals surface area contributed by atoms with E-state index >= 15 is 0 Å². The van der Waals surface area contributed by atoms with Crippen LogP contribution in [0, 0.1) is 5.92 Å². The first kappa shape index (κ1) is 12.7. The molecule has 1 saturated heterocycles. The SMILES string of the molecule is CN(CC(F)(F)F)C(CN)C1CCOC1. The van der Waals surface area contributed by atoms with E-state index in [0.717, 1.165) is 6.42 Å². The fourth-order valence-corrected chi connectivity index (χ4v) is 1.99. The van der Waals surface area contributed by atoms with E-state index in [1.807, 2.05) is 0 Å². The van der Waals surface area contributed by atoms with Gasteiger partial charge >= 0.3 is 6.18 Å². The largest absolute Gasteiger partial charge is 0.401 e. The van der Waals surface area contributed by atoms with Gasteiger partial charge in [-0.05, 0) is 13.5 Å². The number of hydrogen-bond donors (Lipinski definition) is 1. The third-order valence-electron chi connectivity index (χ3n) is 2.75. The van der Waals surface area contributed by atoms with Crippen LogP contribution in [-0.2, 0) is 4.74 Å². The third-order valence-corrected chi connectivity index (χ3v) is 2.75. The molecule has 1 aliphatic heterocycles. The van der Waals surface area contributed by atoms with Gasteiger partial charge in [-0.3, -0.25) is 4.90 Å². The van der Waals surface area contributed by atoms with Crippen molar-refractivity contribution in [1.29, 1.82) is 0 Å². The molecule has 2 unspecified atom stereocenters. The van der Waals surface area contributed by atoms with Crippen LogP contribution in [0.5, 0.6) is 0 Å². The quantitative estimate of drug-likeness (QED) is 0.772. The Bertz CT molecular complexity index is 192. The second-order valence-corrected chi connectivity index (χ2v) is 3.96. The first-order chi connectivity index (χ1) is 6.94. The second-order valence-electron chi connectivity index (χ2n) is 3.96. The number of ether oxygens (including phenoxy) is 1. The molecule has 0 spiro atoms. The normalized spacial score (nSPS) is 24.8. The highest BCUT2D eigenvalue weighted by Gasteiger charge is 2.35. The van der Waals surface area contributed by atoms with Crippen LogP contribution in [0.1, 0.15) is 6.42 Å². The Morgan fingerprint density at radius 3 is 2.60 bits per heavy atom. The number of hydrogen-bond acceptors (Lipinski definition) is 3. The van der Waals surface area contributed by atoms with Crippen molar-refractivity contribution >= 4 is 0 Å². The van der Waals surface area contributed by atoms with Gasteiger partial charge in [0.15, 0.2) is 0 Å². The van der Waals surface area contributed by atoms with E-state index < -0.39 is 12.7 Å². The van der Waals surface area contributed by atoms with Gasteiger partial charge in [-0.15, -0.1) is 0 Å². The van der Waals surface area contributed by atoms with E-state index in [0.29, 0.717) is 13.2 Å². The third kappa shape index (κ3) is 3.96. The molecule has 1 heterocycles. The van der Waals surface area contributed by atoms with E-state index in [1.165, 1.54) is 11.9 Å². The smallest absolute Gasteiger partial charge is 0.381 e. The Balaban J connectivity index is 2.49. The molecule has 1 rings (SSSR count). The van der Waals surface area contributed by atoms with Gasteiger partial charge in [0.05, 0.1) is 13.2 Å². The molecule has 15 heavy (non-hydrogen) atoms. The summed E-state index contributed by atoms with van der Waals surface area (Å²) in [5.74, 6) is 0.127. The standard InChI is InChI=1S/C9H17F3N2O/c1-14(6-9(10,11)12)8(4-13)7-2-3-15-5-7/h7-8H,2-6,13H2,1H3. The summed E-state index contributed by atoms with van der Waals surface area (Å²) >= 11 is 0. The summed E-state index contributed by atoms with van der Waals surface area (Å²) < 4.78 is 41.7. The molecule has 0 aromatic rings. The fourth-order valence-electron chi connectivity index (χ4n) is 1.99. The Kier molecular flexibility index (Phi) is 4.36. The lowest BCUT2D eigenvalue weighted by Gasteiger charge is -2.31. The molecule has 0 bridgehead atoms. The molecule has 0 saturated carbocycles. The van der Waals surface area contributed by atoms with Crippen molar-refractivity contribution in [2.45, 2.75) is 18.6 Å². The first-order valence-corrected chi connectivity index (χ1v) is 4.99. The predicted octanol–water partition coefficient (Wildman–Crippen LogP) is 0.844. The topological polar surface area (TPSA) is 38.5 Å². The molecule has 0 radical (unpaired) electrons. The minimum atomic E-state index is -4.17. The van der Waals surface area contributed by atoms with Gasteiger partial charge in [0.1, 0.15) is 0 Å². The van der Waals surface area contributed by atoms with Crippen molar-refractivity contribution in [2.75, 3.05) is 33.4 Å². The van der Waals surface area contributed by atoms with Crippen LogP contribution in [0.15, 0.2) is 0 Å². The van der Waals surface area contributed by atoms with Crippen LogP contribution in [0.25, 0.3) is 0 Å². The zero-order valence-corrected chi connectivity index (χ0v) is 8.76. The van der Waals surface area contributed by atoms with Crippen molar-refractivity contribution in [3.63, 3.8) is 0 Å². The van der Waals surface area contributed by atoms with Crippen LogP contribution in [0.4, 0.5) is 13.2 Å². The van der Waals surface area contributed by atoms with Gasteiger partial charge in [0.2, 0.25) is 0 Å². The summed E-state index contributed by atoms with van der Waals surface area (Å²) in [4.78, 5) is 1.28. The number of likely N-dealkylation sites (N-methyl/N-ethyl adjacent to an activating group) is 1. The summed E-state index contributed by atoms with van der Waals surface area (Å²) in [5.41, 5.74) is 5.51. The molecular weight excluding hydrogens is 209 g/mol. The van der Waals surface area contributed by atoms with E-state index in [9.17, 15) is 13.2 Å². The van der Waals surface area contributed by atoms with Crippen LogP contribution >= 0.6 is 0 Å². The number of rotatable bonds is 4. The van der Waals surface area contributed by atoms with E-state index in [-0.39, 0.29) is 18.5 Å². The molecular formula is C9H17F3N2O. The van der Waals surface area contributed by atoms with Gasteiger partial charge in [-0.25, -0.2) is 0 Å². The molecule has 90 valence electrons. The maximum atomic E-state index is 12.2. The van der Waals surface area contributed by atoms with Gasteiger partial charge in [-0.2, -0.15) is 13.2 Å². The molecule has 2 atom stereocenters. The average Bonchev–Trinajstić information content (AvgIpc) is 2.54. The summed E-state index contributed by atoms with van der Waals surface area (Å²) in [6.07, 6.45) is -3.37. The Labute approximate surface area is 87.4 Å². The lowest BCUT2D eigenvalue weighted by molar-refractivity contribution is -0.149. The number of alkyl halides is 3. The summed E-state index contributed by atoms with van der Waals surface area (Å²) in [6, 6.07) is -0.242. The van der Waals surface area contributed by atoms with Gasteiger partial charge in [0, 0.05) is 25.1 Å². The number of halogens is 3. The van der Waals surface area contributed by atoms with Crippen molar-refractivity contribution in [3.8, 4) is 0 Å². The zero-order chi connectivity index (χ0) is 11.5. The summed E-state index contributed by atoms with van der Waals surface area (Å²) in [5, 5.41) is 0. The van der Waals surface area contributed by atoms with Crippen molar-refractivity contribution in [1.82, 2.24) is 4.90 Å². The molecule has 2 N–H and O–H groups in total. The lowest BCUT2D eigenvalue weighted by atomic mass is 9.98. The van der Waals surface area contributed by atoms with E-state index in [4.69, 9.17) is 10.5 Å². The minimum absolute atomic E-state index is 0.127. The highest BCUT2D eigenvalue weighted by molar-refractivity contribution is 4.82. The maximum absolute atomic E-state index is 12.2. The lowest BCUT2D eigenvalue weighted by Crippen LogP contribution is -2.47. The van der Waals surface area contributed by atoms with Crippen molar-refractivity contribution in [2.24, 2.45) is 11.7 Å². The maximum Gasteiger partial charge on any atom is 0.401 e. The van der Waals surface area contributed by atoms with Gasteiger partial charge in [0.25, 0.3) is 0 Å². The second kappa shape index (κ2) is 5.14. The molecule has 0 aromatic carbocycles. The highest BCUT2D eigenvalue weighted by Crippen LogP contribution is 2.23. The van der Waals surface area contributed by atoms with E-state index in [2.05, 4.69) is 0 Å². The van der Waals surface area contributed by atoms with Crippen molar-refractivity contribution in [3.05, 3.63) is 0 Å². The van der Waals surface area contributed by atoms with E-state index in [1.54, 1.807) is 0 Å². The molecule has 6 heteroatoms. The molecule has 0 aromatic heterocycles. The highest BCUT2D eigenvalue weighted by atomic mass is 19.4. The average molecular weight is 226 g/mol. The predicted molar refractivity (Wildman–Crippen MR) is 50.5 cm³/mol. The minimum Gasteiger partial charge on any atom is -0.381 e. The molecule has 3 nitrogen and oxygen atoms in total. The molecule has 1 aliphatic rings. The van der Waals surface area contributed by atoms with Crippen LogP contribution in [0.3, 0.4) is 0 Å². The number of nitrogens with two attached hydrogens (primary N) is 1. The van der Waals surface area contributed by atoms with Crippen LogP contribution < -0.4 is 5.73 Å². The molecule has 0 amide bonds. The van der Waals surface area contributed by atoms with Crippen molar-refractivity contribution < 1.29 is 17.9 Å². The monoisotopic (exact) mass is 226 g/mol. The Hall–Kier alpha value is -0.330. The molecule has 0 aliphatic carbocycles. The Morgan fingerprint density at radius 1 is 1.53 bits per heavy atom. The first-order valence-electron chi connectivity index (χ1n) is 4.99. The van der Waals surface area contributed by atoms with Crippen LogP contribution in [0.2, 0.25) is 0 Å². The summed E-state index contributed by atoms with van der Waals surface area (Å²) in [7, 11) is 1.46.